The summed E-state index contributed by atoms with van der Waals surface area (Å²) in [7, 11) is 0. The predicted molar refractivity (Wildman–Crippen MR) is 118 cm³/mol. The third-order valence-corrected chi connectivity index (χ3v) is 6.19. The molecule has 2 heterocycles. The summed E-state index contributed by atoms with van der Waals surface area (Å²) in [4.78, 5) is 14.7. The van der Waals surface area contributed by atoms with E-state index < -0.39 is 5.97 Å². The molecule has 8 heteroatoms. The first-order chi connectivity index (χ1) is 14.7. The Morgan fingerprint density at radius 3 is 2.73 bits per heavy atom. The fourth-order valence-corrected chi connectivity index (χ4v) is 4.56. The molecule has 0 aliphatic carbocycles. The van der Waals surface area contributed by atoms with Gasteiger partial charge < -0.3 is 19.1 Å². The molecule has 30 heavy (non-hydrogen) atoms. The molecule has 0 atom stereocenters. The summed E-state index contributed by atoms with van der Waals surface area (Å²) in [6.07, 6.45) is 5.76. The molecule has 0 radical (unpaired) electrons. The molecule has 0 spiro atoms. The molecule has 0 saturated carbocycles. The van der Waals surface area contributed by atoms with Crippen LogP contribution in [0.15, 0.2) is 52.1 Å². The normalized spacial score (nSPS) is 14.0. The predicted octanol–water partition coefficient (Wildman–Crippen LogP) is 5.11. The molecule has 1 fully saturated rings. The van der Waals surface area contributed by atoms with Gasteiger partial charge in [-0.3, -0.25) is 0 Å². The van der Waals surface area contributed by atoms with Gasteiger partial charge in [-0.1, -0.05) is 13.0 Å². The van der Waals surface area contributed by atoms with Gasteiger partial charge in [-0.15, -0.1) is 10.2 Å². The number of piperidine rings is 1. The third kappa shape index (κ3) is 4.43. The lowest BCUT2D eigenvalue weighted by Crippen LogP contribution is -2.29. The number of benzene rings is 2. The van der Waals surface area contributed by atoms with E-state index in [-0.39, 0.29) is 5.56 Å². The zero-order valence-corrected chi connectivity index (χ0v) is 17.6. The monoisotopic (exact) mass is 424 g/mol. The van der Waals surface area contributed by atoms with Crippen molar-refractivity contribution in [1.82, 2.24) is 10.2 Å². The van der Waals surface area contributed by atoms with Crippen molar-refractivity contribution in [2.75, 3.05) is 22.7 Å². The van der Waals surface area contributed by atoms with E-state index in [4.69, 9.17) is 4.42 Å². The Bertz CT molecular complexity index is 1020. The summed E-state index contributed by atoms with van der Waals surface area (Å²) in [5.74, 6) is -0.456. The van der Waals surface area contributed by atoms with Crippen LogP contribution in [0.1, 0.15) is 42.1 Å². The Balaban J connectivity index is 1.65. The molecule has 1 aliphatic heterocycles. The van der Waals surface area contributed by atoms with E-state index in [0.29, 0.717) is 5.89 Å². The molecule has 1 aromatic heterocycles. The van der Waals surface area contributed by atoms with Crippen molar-refractivity contribution in [2.24, 2.45) is 0 Å². The summed E-state index contributed by atoms with van der Waals surface area (Å²) >= 11 is 1.43. The molecular formula is C22H24N4O3S. The van der Waals surface area contributed by atoms with Crippen LogP contribution in [0.2, 0.25) is 0 Å². The van der Waals surface area contributed by atoms with Gasteiger partial charge in [0.05, 0.1) is 16.9 Å². The molecule has 2 N–H and O–H groups in total. The molecule has 4 rings (SSSR count). The van der Waals surface area contributed by atoms with Crippen LogP contribution in [-0.2, 0) is 6.42 Å². The van der Waals surface area contributed by atoms with Crippen LogP contribution >= 0.6 is 11.9 Å². The summed E-state index contributed by atoms with van der Waals surface area (Å²) in [5, 5.41) is 17.1. The van der Waals surface area contributed by atoms with Crippen molar-refractivity contribution in [2.45, 2.75) is 37.5 Å². The fraction of sp³-hybridized carbons (Fsp3) is 0.318. The van der Waals surface area contributed by atoms with Gasteiger partial charge in [0.2, 0.25) is 12.3 Å². The molecule has 0 bridgehead atoms. The zero-order valence-electron chi connectivity index (χ0n) is 16.8. The SMILES string of the molecule is CCc1ccc(C(=O)O)cc1SNc1cc(-c2nnco2)ccc1N1CCCCC1. The number of hydrogen-bond acceptors (Lipinski definition) is 7. The summed E-state index contributed by atoms with van der Waals surface area (Å²) in [5.41, 5.74) is 4.29. The summed E-state index contributed by atoms with van der Waals surface area (Å²) in [6, 6.07) is 11.4. The van der Waals surface area contributed by atoms with E-state index in [9.17, 15) is 9.90 Å². The zero-order chi connectivity index (χ0) is 20.9. The number of carboxylic acids is 1. The highest BCUT2D eigenvalue weighted by atomic mass is 32.2. The first-order valence-electron chi connectivity index (χ1n) is 10.1. The van der Waals surface area contributed by atoms with E-state index in [1.165, 1.54) is 37.6 Å². The summed E-state index contributed by atoms with van der Waals surface area (Å²) in [6.45, 7) is 4.11. The lowest BCUT2D eigenvalue weighted by atomic mass is 10.1. The maximum atomic E-state index is 11.4. The highest BCUT2D eigenvalue weighted by Gasteiger charge is 2.17. The van der Waals surface area contributed by atoms with Crippen LogP contribution in [0.3, 0.4) is 0 Å². The lowest BCUT2D eigenvalue weighted by molar-refractivity contribution is 0.0696. The average Bonchev–Trinajstić information content (AvgIpc) is 3.33. The molecule has 0 amide bonds. The van der Waals surface area contributed by atoms with Gasteiger partial charge in [0.1, 0.15) is 0 Å². The number of aromatic nitrogens is 2. The number of aromatic carboxylic acids is 1. The van der Waals surface area contributed by atoms with Crippen molar-refractivity contribution in [3.63, 3.8) is 0 Å². The Morgan fingerprint density at radius 2 is 2.03 bits per heavy atom. The molecule has 3 aromatic rings. The van der Waals surface area contributed by atoms with Crippen LogP contribution < -0.4 is 9.62 Å². The fourth-order valence-electron chi connectivity index (χ4n) is 3.64. The van der Waals surface area contributed by atoms with Gasteiger partial charge in [-0.2, -0.15) is 0 Å². The number of aryl methyl sites for hydroxylation is 1. The number of rotatable bonds is 7. The van der Waals surface area contributed by atoms with Crippen LogP contribution in [0.25, 0.3) is 11.5 Å². The van der Waals surface area contributed by atoms with E-state index >= 15 is 0 Å². The average molecular weight is 425 g/mol. The van der Waals surface area contributed by atoms with Gasteiger partial charge in [0.25, 0.3) is 0 Å². The number of hydrogen-bond donors (Lipinski definition) is 2. The first-order valence-corrected chi connectivity index (χ1v) is 10.9. The van der Waals surface area contributed by atoms with Gasteiger partial charge in [0, 0.05) is 23.5 Å². The van der Waals surface area contributed by atoms with E-state index in [2.05, 4.69) is 32.8 Å². The lowest BCUT2D eigenvalue weighted by Gasteiger charge is -2.30. The standard InChI is InChI=1S/C22H24N4O3S/c1-2-15-6-7-17(22(27)28)13-20(15)30-25-18-12-16(21-24-23-14-29-21)8-9-19(18)26-10-4-3-5-11-26/h6-9,12-14,25H,2-5,10-11H2,1H3,(H,27,28). The van der Waals surface area contributed by atoms with Crippen LogP contribution in [0, 0.1) is 0 Å². The van der Waals surface area contributed by atoms with Crippen LogP contribution in [-0.4, -0.2) is 34.4 Å². The Labute approximate surface area is 179 Å². The molecule has 1 aliphatic rings. The Hall–Kier alpha value is -3.00. The minimum absolute atomic E-state index is 0.285. The number of nitrogens with one attached hydrogen (secondary N) is 1. The molecule has 2 aromatic carbocycles. The second-order valence-electron chi connectivity index (χ2n) is 7.21. The molecule has 7 nitrogen and oxygen atoms in total. The van der Waals surface area contributed by atoms with Gasteiger partial charge in [-0.05, 0) is 73.5 Å². The van der Waals surface area contributed by atoms with Crippen molar-refractivity contribution in [3.8, 4) is 11.5 Å². The van der Waals surface area contributed by atoms with E-state index in [0.717, 1.165) is 46.9 Å². The molecule has 156 valence electrons. The van der Waals surface area contributed by atoms with Crippen molar-refractivity contribution in [1.29, 1.82) is 0 Å². The smallest absolute Gasteiger partial charge is 0.335 e. The second kappa shape index (κ2) is 9.21. The molecule has 0 unspecified atom stereocenters. The minimum atomic E-state index is -0.924. The number of carbonyl (C=O) groups is 1. The quantitative estimate of drug-likeness (QED) is 0.506. The maximum Gasteiger partial charge on any atom is 0.335 e. The number of anilines is 2. The van der Waals surface area contributed by atoms with Crippen LogP contribution in [0.5, 0.6) is 0 Å². The maximum absolute atomic E-state index is 11.4. The van der Waals surface area contributed by atoms with E-state index in [1.807, 2.05) is 18.2 Å². The highest BCUT2D eigenvalue weighted by Crippen LogP contribution is 2.36. The van der Waals surface area contributed by atoms with Gasteiger partial charge >= 0.3 is 5.97 Å². The number of nitrogens with zero attached hydrogens (tertiary/aromatic N) is 3. The van der Waals surface area contributed by atoms with Crippen LogP contribution in [0.4, 0.5) is 11.4 Å². The van der Waals surface area contributed by atoms with Gasteiger partial charge in [-0.25, -0.2) is 4.79 Å². The van der Waals surface area contributed by atoms with Crippen molar-refractivity contribution < 1.29 is 14.3 Å². The summed E-state index contributed by atoms with van der Waals surface area (Å²) < 4.78 is 8.83. The molecular weight excluding hydrogens is 400 g/mol. The van der Waals surface area contributed by atoms with Gasteiger partial charge in [0.15, 0.2) is 0 Å². The minimum Gasteiger partial charge on any atom is -0.478 e. The molecule has 1 saturated heterocycles. The first kappa shape index (κ1) is 20.3. The van der Waals surface area contributed by atoms with E-state index in [1.54, 1.807) is 12.1 Å². The highest BCUT2D eigenvalue weighted by molar-refractivity contribution is 8.00. The third-order valence-electron chi connectivity index (χ3n) is 5.27. The van der Waals surface area contributed by atoms with Crippen molar-refractivity contribution in [3.05, 3.63) is 53.9 Å². The topological polar surface area (TPSA) is 91.5 Å². The Morgan fingerprint density at radius 1 is 1.20 bits per heavy atom. The number of carboxylic acid groups (broad SMARTS) is 1. The van der Waals surface area contributed by atoms with Crippen molar-refractivity contribution >= 4 is 29.3 Å². The largest absolute Gasteiger partial charge is 0.478 e. The second-order valence-corrected chi connectivity index (χ2v) is 8.06. The Kier molecular flexibility index (Phi) is 6.23.